The Kier molecular flexibility index (Phi) is 4.55. The van der Waals surface area contributed by atoms with Crippen LogP contribution < -0.4 is 0 Å². The topological polar surface area (TPSA) is 77.2 Å². The standard InChI is InChI=1S/C14H19N3O3/c1-3-5-6-7-17-13-10(9-16-17)12(18)11(8-15-13)14(19)20-4-2/h8-9H,3-7H2,1-2H3,(H,15,18). The quantitative estimate of drug-likeness (QED) is 0.648. The van der Waals surface area contributed by atoms with E-state index in [1.54, 1.807) is 11.6 Å². The molecule has 2 rings (SSSR count). The van der Waals surface area contributed by atoms with E-state index >= 15 is 0 Å². The molecule has 6 nitrogen and oxygen atoms in total. The number of nitrogens with zero attached hydrogens (tertiary/aromatic N) is 3. The molecule has 0 aromatic carbocycles. The number of unbranched alkanes of at least 4 members (excludes halogenated alkanes) is 2. The fraction of sp³-hybridized carbons (Fsp3) is 0.500. The molecule has 0 aliphatic rings. The van der Waals surface area contributed by atoms with Crippen LogP contribution in [0.2, 0.25) is 0 Å². The monoisotopic (exact) mass is 277 g/mol. The molecular weight excluding hydrogens is 258 g/mol. The summed E-state index contributed by atoms with van der Waals surface area (Å²) in [6.45, 7) is 4.86. The fourth-order valence-electron chi connectivity index (χ4n) is 2.05. The number of hydrogen-bond acceptors (Lipinski definition) is 5. The van der Waals surface area contributed by atoms with Gasteiger partial charge in [-0.15, -0.1) is 0 Å². The van der Waals surface area contributed by atoms with E-state index in [0.29, 0.717) is 11.0 Å². The zero-order valence-electron chi connectivity index (χ0n) is 11.8. The lowest BCUT2D eigenvalue weighted by molar-refractivity contribution is 0.0523. The normalized spacial score (nSPS) is 10.9. The van der Waals surface area contributed by atoms with Crippen molar-refractivity contribution in [3.8, 4) is 5.75 Å². The zero-order valence-corrected chi connectivity index (χ0v) is 11.8. The van der Waals surface area contributed by atoms with Gasteiger partial charge in [0.05, 0.1) is 18.2 Å². The van der Waals surface area contributed by atoms with Crippen LogP contribution in [0.3, 0.4) is 0 Å². The first-order valence-corrected chi connectivity index (χ1v) is 6.89. The van der Waals surface area contributed by atoms with Crippen molar-refractivity contribution in [2.45, 2.75) is 39.7 Å². The van der Waals surface area contributed by atoms with Crippen LogP contribution >= 0.6 is 0 Å². The van der Waals surface area contributed by atoms with Crippen LogP contribution in [0.5, 0.6) is 5.75 Å². The zero-order chi connectivity index (χ0) is 14.5. The number of ether oxygens (including phenoxy) is 1. The van der Waals surface area contributed by atoms with Gasteiger partial charge in [-0.05, 0) is 13.3 Å². The van der Waals surface area contributed by atoms with Crippen LogP contribution in [0.25, 0.3) is 11.0 Å². The van der Waals surface area contributed by atoms with E-state index in [9.17, 15) is 9.90 Å². The number of aromatic hydroxyl groups is 1. The molecule has 20 heavy (non-hydrogen) atoms. The molecule has 0 amide bonds. The maximum absolute atomic E-state index is 11.7. The predicted octanol–water partition coefficient (Wildman–Crippen LogP) is 2.50. The summed E-state index contributed by atoms with van der Waals surface area (Å²) in [5.41, 5.74) is 0.666. The van der Waals surface area contributed by atoms with Crippen LogP contribution in [-0.4, -0.2) is 32.4 Å². The van der Waals surface area contributed by atoms with E-state index in [1.807, 2.05) is 0 Å². The molecule has 0 radical (unpaired) electrons. The average molecular weight is 277 g/mol. The number of aryl methyl sites for hydroxylation is 1. The first-order valence-electron chi connectivity index (χ1n) is 6.89. The van der Waals surface area contributed by atoms with Gasteiger partial charge in [0, 0.05) is 12.7 Å². The number of fused-ring (bicyclic) bond motifs is 1. The number of carbonyl (C=O) groups is 1. The lowest BCUT2D eigenvalue weighted by Gasteiger charge is -2.06. The molecule has 0 unspecified atom stereocenters. The van der Waals surface area contributed by atoms with E-state index in [2.05, 4.69) is 17.0 Å². The fourth-order valence-corrected chi connectivity index (χ4v) is 2.05. The first-order chi connectivity index (χ1) is 9.69. The average Bonchev–Trinajstić information content (AvgIpc) is 2.84. The SMILES string of the molecule is CCCCCn1ncc2c(O)c(C(=O)OCC)cnc21. The minimum Gasteiger partial charge on any atom is -0.506 e. The van der Waals surface area contributed by atoms with Gasteiger partial charge in [-0.3, -0.25) is 0 Å². The lowest BCUT2D eigenvalue weighted by atomic mass is 10.2. The highest BCUT2D eigenvalue weighted by Crippen LogP contribution is 2.27. The molecular formula is C14H19N3O3. The van der Waals surface area contributed by atoms with Gasteiger partial charge < -0.3 is 9.84 Å². The molecule has 0 bridgehead atoms. The Bertz CT molecular complexity index is 607. The smallest absolute Gasteiger partial charge is 0.343 e. The number of rotatable bonds is 6. The van der Waals surface area contributed by atoms with Gasteiger partial charge in [-0.1, -0.05) is 19.8 Å². The highest BCUT2D eigenvalue weighted by atomic mass is 16.5. The summed E-state index contributed by atoms with van der Waals surface area (Å²) >= 11 is 0. The Morgan fingerprint density at radius 2 is 2.15 bits per heavy atom. The second kappa shape index (κ2) is 6.36. The minimum absolute atomic E-state index is 0.0764. The summed E-state index contributed by atoms with van der Waals surface area (Å²) < 4.78 is 6.63. The summed E-state index contributed by atoms with van der Waals surface area (Å²) in [6.07, 6.45) is 6.13. The van der Waals surface area contributed by atoms with Crippen LogP contribution in [0.15, 0.2) is 12.4 Å². The van der Waals surface area contributed by atoms with Crippen LogP contribution in [-0.2, 0) is 11.3 Å². The highest BCUT2D eigenvalue weighted by Gasteiger charge is 2.18. The van der Waals surface area contributed by atoms with Gasteiger partial charge in [-0.2, -0.15) is 5.10 Å². The molecule has 0 aliphatic carbocycles. The molecule has 0 atom stereocenters. The largest absolute Gasteiger partial charge is 0.506 e. The number of aromatic nitrogens is 3. The van der Waals surface area contributed by atoms with E-state index < -0.39 is 5.97 Å². The molecule has 6 heteroatoms. The lowest BCUT2D eigenvalue weighted by Crippen LogP contribution is -2.06. The summed E-state index contributed by atoms with van der Waals surface area (Å²) in [7, 11) is 0. The van der Waals surface area contributed by atoms with Crippen LogP contribution in [0.1, 0.15) is 43.5 Å². The van der Waals surface area contributed by atoms with Crippen molar-refractivity contribution in [3.63, 3.8) is 0 Å². The molecule has 0 saturated carbocycles. The van der Waals surface area contributed by atoms with Crippen molar-refractivity contribution in [2.24, 2.45) is 0 Å². The summed E-state index contributed by atoms with van der Waals surface area (Å²) in [6, 6.07) is 0. The third-order valence-electron chi connectivity index (χ3n) is 3.11. The molecule has 0 saturated heterocycles. The van der Waals surface area contributed by atoms with Crippen LogP contribution in [0, 0.1) is 0 Å². The molecule has 0 spiro atoms. The second-order valence-corrected chi connectivity index (χ2v) is 4.55. The van der Waals surface area contributed by atoms with Crippen molar-refractivity contribution < 1.29 is 14.6 Å². The third-order valence-corrected chi connectivity index (χ3v) is 3.11. The van der Waals surface area contributed by atoms with Gasteiger partial charge in [0.25, 0.3) is 0 Å². The Hall–Kier alpha value is -2.11. The minimum atomic E-state index is -0.571. The second-order valence-electron chi connectivity index (χ2n) is 4.55. The molecule has 0 aliphatic heterocycles. The van der Waals surface area contributed by atoms with E-state index in [4.69, 9.17) is 4.74 Å². The molecule has 2 heterocycles. The van der Waals surface area contributed by atoms with E-state index in [1.165, 1.54) is 12.4 Å². The Balaban J connectivity index is 2.31. The molecule has 2 aromatic rings. The van der Waals surface area contributed by atoms with Crippen LogP contribution in [0.4, 0.5) is 0 Å². The van der Waals surface area contributed by atoms with E-state index in [0.717, 1.165) is 25.8 Å². The molecule has 2 aromatic heterocycles. The maximum Gasteiger partial charge on any atom is 0.343 e. The first kappa shape index (κ1) is 14.3. The molecule has 0 fully saturated rings. The Labute approximate surface area is 117 Å². The number of esters is 1. The molecule has 108 valence electrons. The van der Waals surface area contributed by atoms with Gasteiger partial charge >= 0.3 is 5.97 Å². The van der Waals surface area contributed by atoms with Crippen molar-refractivity contribution >= 4 is 17.0 Å². The van der Waals surface area contributed by atoms with Crippen molar-refractivity contribution in [1.29, 1.82) is 0 Å². The summed E-state index contributed by atoms with van der Waals surface area (Å²) in [5.74, 6) is -0.687. The highest BCUT2D eigenvalue weighted by molar-refractivity contribution is 5.98. The number of hydrogen-bond donors (Lipinski definition) is 1. The van der Waals surface area contributed by atoms with Crippen molar-refractivity contribution in [2.75, 3.05) is 6.61 Å². The predicted molar refractivity (Wildman–Crippen MR) is 74.7 cm³/mol. The Morgan fingerprint density at radius 3 is 2.85 bits per heavy atom. The third kappa shape index (κ3) is 2.74. The summed E-state index contributed by atoms with van der Waals surface area (Å²) in [4.78, 5) is 15.9. The van der Waals surface area contributed by atoms with Gasteiger partial charge in [0.15, 0.2) is 5.65 Å². The maximum atomic E-state index is 11.7. The summed E-state index contributed by atoms with van der Waals surface area (Å²) in [5, 5.41) is 14.8. The van der Waals surface area contributed by atoms with Crippen molar-refractivity contribution in [1.82, 2.24) is 14.8 Å². The number of carbonyl (C=O) groups excluding carboxylic acids is 1. The van der Waals surface area contributed by atoms with Gasteiger partial charge in [0.2, 0.25) is 0 Å². The number of pyridine rings is 1. The van der Waals surface area contributed by atoms with Gasteiger partial charge in [-0.25, -0.2) is 14.5 Å². The molecule has 1 N–H and O–H groups in total. The van der Waals surface area contributed by atoms with Crippen molar-refractivity contribution in [3.05, 3.63) is 18.0 Å². The van der Waals surface area contributed by atoms with Gasteiger partial charge in [0.1, 0.15) is 11.3 Å². The Morgan fingerprint density at radius 1 is 1.35 bits per heavy atom. The van der Waals surface area contributed by atoms with E-state index in [-0.39, 0.29) is 17.9 Å².